The predicted molar refractivity (Wildman–Crippen MR) is 70.8 cm³/mol. The van der Waals surface area contributed by atoms with Crippen molar-refractivity contribution >= 4 is 29.1 Å². The number of carbonyl (C=O) groups is 1. The Bertz CT molecular complexity index is 580. The van der Waals surface area contributed by atoms with Crippen LogP contribution in [0.2, 0.25) is 10.0 Å². The van der Waals surface area contributed by atoms with Gasteiger partial charge in [0.05, 0.1) is 17.1 Å². The van der Waals surface area contributed by atoms with Gasteiger partial charge >= 0.3 is 0 Å². The van der Waals surface area contributed by atoms with Crippen molar-refractivity contribution in [2.24, 2.45) is 7.05 Å². The fourth-order valence-electron chi connectivity index (χ4n) is 1.50. The smallest absolute Gasteiger partial charge is 0.253 e. The van der Waals surface area contributed by atoms with Gasteiger partial charge in [0, 0.05) is 24.5 Å². The zero-order chi connectivity index (χ0) is 13.1. The third kappa shape index (κ3) is 2.83. The molecule has 4 nitrogen and oxygen atoms in total. The second kappa shape index (κ2) is 5.42. The standard InChI is InChI=1S/C12H11Cl2N3O/c1-17-5-4-15-11(17)7-16-12(18)9-3-2-8(13)6-10(9)14/h2-6H,7H2,1H3,(H,16,18). The van der Waals surface area contributed by atoms with E-state index in [-0.39, 0.29) is 5.91 Å². The van der Waals surface area contributed by atoms with Crippen LogP contribution in [0, 0.1) is 0 Å². The maximum atomic E-state index is 11.9. The number of hydrogen-bond donors (Lipinski definition) is 1. The summed E-state index contributed by atoms with van der Waals surface area (Å²) in [6, 6.07) is 4.76. The molecule has 0 bridgehead atoms. The predicted octanol–water partition coefficient (Wildman–Crippen LogP) is 2.66. The number of halogens is 2. The van der Waals surface area contributed by atoms with E-state index in [0.29, 0.717) is 22.2 Å². The molecule has 1 aromatic heterocycles. The van der Waals surface area contributed by atoms with Crippen molar-refractivity contribution in [3.05, 3.63) is 52.0 Å². The van der Waals surface area contributed by atoms with Crippen LogP contribution in [0.25, 0.3) is 0 Å². The van der Waals surface area contributed by atoms with Gasteiger partial charge < -0.3 is 9.88 Å². The molecular formula is C12H11Cl2N3O. The number of aromatic nitrogens is 2. The zero-order valence-corrected chi connectivity index (χ0v) is 11.2. The monoisotopic (exact) mass is 283 g/mol. The molecule has 0 aliphatic carbocycles. The number of amides is 1. The summed E-state index contributed by atoms with van der Waals surface area (Å²) in [5.41, 5.74) is 0.398. The van der Waals surface area contributed by atoms with Crippen LogP contribution in [-0.4, -0.2) is 15.5 Å². The number of rotatable bonds is 3. The molecule has 0 spiro atoms. The van der Waals surface area contributed by atoms with Gasteiger partial charge in [-0.05, 0) is 18.2 Å². The minimum absolute atomic E-state index is 0.250. The molecule has 1 heterocycles. The Morgan fingerprint density at radius 3 is 2.83 bits per heavy atom. The van der Waals surface area contributed by atoms with Crippen LogP contribution in [0.3, 0.4) is 0 Å². The lowest BCUT2D eigenvalue weighted by Gasteiger charge is -2.07. The molecule has 0 fully saturated rings. The van der Waals surface area contributed by atoms with Crippen LogP contribution in [0.15, 0.2) is 30.6 Å². The molecule has 0 saturated carbocycles. The highest BCUT2D eigenvalue weighted by Crippen LogP contribution is 2.20. The summed E-state index contributed by atoms with van der Waals surface area (Å²) in [6.07, 6.45) is 3.49. The molecule has 0 radical (unpaired) electrons. The Hall–Kier alpha value is -1.52. The molecule has 1 amide bonds. The average molecular weight is 284 g/mol. The van der Waals surface area contributed by atoms with E-state index < -0.39 is 0 Å². The summed E-state index contributed by atoms with van der Waals surface area (Å²) in [7, 11) is 1.86. The highest BCUT2D eigenvalue weighted by Gasteiger charge is 2.11. The third-order valence-electron chi connectivity index (χ3n) is 2.50. The lowest BCUT2D eigenvalue weighted by atomic mass is 10.2. The zero-order valence-electron chi connectivity index (χ0n) is 9.65. The fourth-order valence-corrected chi connectivity index (χ4v) is 1.99. The third-order valence-corrected chi connectivity index (χ3v) is 3.05. The van der Waals surface area contributed by atoms with Gasteiger partial charge in [0.2, 0.25) is 0 Å². The molecule has 0 atom stereocenters. The number of carbonyl (C=O) groups excluding carboxylic acids is 1. The highest BCUT2D eigenvalue weighted by molar-refractivity contribution is 6.36. The summed E-state index contributed by atoms with van der Waals surface area (Å²) < 4.78 is 1.84. The molecule has 0 saturated heterocycles. The SMILES string of the molecule is Cn1ccnc1CNC(=O)c1ccc(Cl)cc1Cl. The largest absolute Gasteiger partial charge is 0.345 e. The number of imidazole rings is 1. The maximum Gasteiger partial charge on any atom is 0.253 e. The van der Waals surface area contributed by atoms with E-state index in [1.54, 1.807) is 24.4 Å². The molecule has 2 aromatic rings. The Morgan fingerprint density at radius 1 is 1.44 bits per heavy atom. The topological polar surface area (TPSA) is 46.9 Å². The quantitative estimate of drug-likeness (QED) is 0.941. The molecule has 0 aliphatic rings. The number of nitrogens with zero attached hydrogens (tertiary/aromatic N) is 2. The molecule has 1 N–H and O–H groups in total. The summed E-state index contributed by atoms with van der Waals surface area (Å²) in [5.74, 6) is 0.521. The van der Waals surface area contributed by atoms with Gasteiger partial charge in [-0.15, -0.1) is 0 Å². The summed E-state index contributed by atoms with van der Waals surface area (Å²) in [5, 5.41) is 3.59. The number of benzene rings is 1. The van der Waals surface area contributed by atoms with Crippen LogP contribution in [-0.2, 0) is 13.6 Å². The molecule has 1 aromatic carbocycles. The maximum absolute atomic E-state index is 11.9. The first-order valence-corrected chi connectivity index (χ1v) is 6.03. The van der Waals surface area contributed by atoms with E-state index in [9.17, 15) is 4.79 Å². The minimum Gasteiger partial charge on any atom is -0.345 e. The van der Waals surface area contributed by atoms with E-state index >= 15 is 0 Å². The molecule has 6 heteroatoms. The van der Waals surface area contributed by atoms with Gasteiger partial charge in [-0.2, -0.15) is 0 Å². The number of nitrogens with one attached hydrogen (secondary N) is 1. The van der Waals surface area contributed by atoms with Gasteiger partial charge in [0.1, 0.15) is 5.82 Å². The Labute approximate surface area is 115 Å². The Morgan fingerprint density at radius 2 is 2.22 bits per heavy atom. The summed E-state index contributed by atoms with van der Waals surface area (Å²) >= 11 is 11.7. The molecule has 94 valence electrons. The van der Waals surface area contributed by atoms with Crippen LogP contribution in [0.5, 0.6) is 0 Å². The van der Waals surface area contributed by atoms with Crippen molar-refractivity contribution in [3.8, 4) is 0 Å². The van der Waals surface area contributed by atoms with Crippen molar-refractivity contribution in [3.63, 3.8) is 0 Å². The average Bonchev–Trinajstić information content (AvgIpc) is 2.72. The van der Waals surface area contributed by atoms with E-state index in [4.69, 9.17) is 23.2 Å². The van der Waals surface area contributed by atoms with Crippen LogP contribution < -0.4 is 5.32 Å². The van der Waals surface area contributed by atoms with Gasteiger partial charge in [-0.3, -0.25) is 4.79 Å². The molecular weight excluding hydrogens is 273 g/mol. The fraction of sp³-hybridized carbons (Fsp3) is 0.167. The number of aryl methyl sites for hydroxylation is 1. The van der Waals surface area contributed by atoms with Crippen molar-refractivity contribution < 1.29 is 4.79 Å². The lowest BCUT2D eigenvalue weighted by molar-refractivity contribution is 0.0950. The van der Waals surface area contributed by atoms with Crippen molar-refractivity contribution in [1.82, 2.24) is 14.9 Å². The molecule has 0 aliphatic heterocycles. The minimum atomic E-state index is -0.250. The first-order valence-electron chi connectivity index (χ1n) is 5.27. The lowest BCUT2D eigenvalue weighted by Crippen LogP contribution is -2.24. The van der Waals surface area contributed by atoms with E-state index in [1.807, 2.05) is 17.8 Å². The number of hydrogen-bond acceptors (Lipinski definition) is 2. The Kier molecular flexibility index (Phi) is 3.89. The van der Waals surface area contributed by atoms with Crippen LogP contribution >= 0.6 is 23.2 Å². The van der Waals surface area contributed by atoms with Crippen molar-refractivity contribution in [1.29, 1.82) is 0 Å². The highest BCUT2D eigenvalue weighted by atomic mass is 35.5. The Balaban J connectivity index is 2.06. The van der Waals surface area contributed by atoms with E-state index in [1.165, 1.54) is 0 Å². The second-order valence-corrected chi connectivity index (χ2v) is 4.60. The summed E-state index contributed by atoms with van der Waals surface area (Å²) in [4.78, 5) is 16.0. The van der Waals surface area contributed by atoms with Crippen molar-refractivity contribution in [2.75, 3.05) is 0 Å². The summed E-state index contributed by atoms with van der Waals surface area (Å²) in [6.45, 7) is 0.349. The molecule has 0 unspecified atom stereocenters. The van der Waals surface area contributed by atoms with Gasteiger partial charge in [-0.25, -0.2) is 4.98 Å². The first kappa shape index (κ1) is 12.9. The van der Waals surface area contributed by atoms with E-state index in [0.717, 1.165) is 5.82 Å². The van der Waals surface area contributed by atoms with E-state index in [2.05, 4.69) is 10.3 Å². The normalized spacial score (nSPS) is 10.4. The van der Waals surface area contributed by atoms with Crippen LogP contribution in [0.1, 0.15) is 16.2 Å². The van der Waals surface area contributed by atoms with Gasteiger partial charge in [0.25, 0.3) is 5.91 Å². The van der Waals surface area contributed by atoms with Crippen LogP contribution in [0.4, 0.5) is 0 Å². The first-order chi connectivity index (χ1) is 8.58. The van der Waals surface area contributed by atoms with Gasteiger partial charge in [0.15, 0.2) is 0 Å². The van der Waals surface area contributed by atoms with Gasteiger partial charge in [-0.1, -0.05) is 23.2 Å². The second-order valence-electron chi connectivity index (χ2n) is 3.76. The van der Waals surface area contributed by atoms with Crippen molar-refractivity contribution in [2.45, 2.75) is 6.54 Å². The molecule has 18 heavy (non-hydrogen) atoms. The molecule has 2 rings (SSSR count).